The molecule has 0 saturated heterocycles. The van der Waals surface area contributed by atoms with Crippen molar-refractivity contribution in [2.45, 2.75) is 13.5 Å². The Morgan fingerprint density at radius 2 is 2.13 bits per heavy atom. The zero-order valence-corrected chi connectivity index (χ0v) is 17.8. The van der Waals surface area contributed by atoms with Gasteiger partial charge in [0.1, 0.15) is 17.9 Å². The first-order valence-electron chi connectivity index (χ1n) is 9.55. The summed E-state index contributed by atoms with van der Waals surface area (Å²) in [5, 5.41) is 5.68. The zero-order valence-electron chi connectivity index (χ0n) is 17.0. The van der Waals surface area contributed by atoms with Crippen molar-refractivity contribution in [1.29, 1.82) is 0 Å². The van der Waals surface area contributed by atoms with E-state index in [2.05, 4.69) is 10.1 Å². The molecule has 3 heterocycles. The van der Waals surface area contributed by atoms with Crippen LogP contribution < -0.4 is 10.5 Å². The number of para-hydroxylation sites is 1. The molecule has 2 N–H and O–H groups in total. The van der Waals surface area contributed by atoms with Crippen LogP contribution in [0.5, 0.6) is 5.75 Å². The molecule has 0 bridgehead atoms. The molecule has 8 heteroatoms. The van der Waals surface area contributed by atoms with Gasteiger partial charge in [-0.05, 0) is 31.2 Å². The molecule has 156 valence electrons. The van der Waals surface area contributed by atoms with E-state index in [0.717, 1.165) is 27.9 Å². The lowest BCUT2D eigenvalue weighted by molar-refractivity contribution is -0.113. The maximum atomic E-state index is 11.1. The number of benzene rings is 1. The van der Waals surface area contributed by atoms with Crippen LogP contribution in [0.3, 0.4) is 0 Å². The quantitative estimate of drug-likeness (QED) is 0.462. The lowest BCUT2D eigenvalue weighted by atomic mass is 10.0. The molecule has 0 atom stereocenters. The Morgan fingerprint density at radius 1 is 1.29 bits per heavy atom. The van der Waals surface area contributed by atoms with E-state index < -0.39 is 5.91 Å². The minimum Gasteiger partial charge on any atom is -0.487 e. The number of fused-ring (bicyclic) bond motifs is 1. The SMILES string of the molecule is Cc1cc(-c2ccnn2C)c2cccc(OCc3c(Cl)cncc3C=CC(N)=O)c2n1. The van der Waals surface area contributed by atoms with Crippen molar-refractivity contribution >= 4 is 34.5 Å². The molecule has 4 rings (SSSR count). The van der Waals surface area contributed by atoms with E-state index >= 15 is 0 Å². The van der Waals surface area contributed by atoms with Gasteiger partial charge in [-0.15, -0.1) is 0 Å². The summed E-state index contributed by atoms with van der Waals surface area (Å²) in [5.41, 5.74) is 10.2. The van der Waals surface area contributed by atoms with Gasteiger partial charge in [0.25, 0.3) is 0 Å². The molecule has 7 nitrogen and oxygen atoms in total. The third kappa shape index (κ3) is 4.27. The first-order chi connectivity index (χ1) is 14.9. The second-order valence-electron chi connectivity index (χ2n) is 7.02. The average molecular weight is 434 g/mol. The van der Waals surface area contributed by atoms with Crippen LogP contribution in [0, 0.1) is 6.92 Å². The van der Waals surface area contributed by atoms with Crippen molar-refractivity contribution in [1.82, 2.24) is 19.7 Å². The van der Waals surface area contributed by atoms with Crippen molar-refractivity contribution in [3.63, 3.8) is 0 Å². The Kier molecular flexibility index (Phi) is 5.68. The topological polar surface area (TPSA) is 95.9 Å². The Balaban J connectivity index is 1.74. The molecule has 3 aromatic heterocycles. The molecular formula is C23H20ClN5O2. The normalized spacial score (nSPS) is 11.3. The van der Waals surface area contributed by atoms with Gasteiger partial charge in [0.05, 0.1) is 10.7 Å². The highest BCUT2D eigenvalue weighted by Crippen LogP contribution is 2.33. The largest absolute Gasteiger partial charge is 0.487 e. The maximum Gasteiger partial charge on any atom is 0.241 e. The number of aryl methyl sites for hydroxylation is 2. The number of carbonyl (C=O) groups excluding carboxylic acids is 1. The summed E-state index contributed by atoms with van der Waals surface area (Å²) >= 11 is 6.35. The third-order valence-corrected chi connectivity index (χ3v) is 5.19. The van der Waals surface area contributed by atoms with Gasteiger partial charge in [-0.1, -0.05) is 23.7 Å². The van der Waals surface area contributed by atoms with Gasteiger partial charge < -0.3 is 10.5 Å². The predicted molar refractivity (Wildman–Crippen MR) is 120 cm³/mol. The van der Waals surface area contributed by atoms with Gasteiger partial charge in [0.15, 0.2) is 0 Å². The smallest absolute Gasteiger partial charge is 0.241 e. The zero-order chi connectivity index (χ0) is 22.0. The summed E-state index contributed by atoms with van der Waals surface area (Å²) in [6.07, 6.45) is 7.75. The first-order valence-corrected chi connectivity index (χ1v) is 9.93. The minimum atomic E-state index is -0.553. The number of amides is 1. The number of primary amides is 1. The second-order valence-corrected chi connectivity index (χ2v) is 7.42. The standard InChI is InChI=1S/C23H20ClN5O2/c1-14-10-17(20-8-9-27-29(20)2)16-4-3-5-21(23(16)28-14)31-13-18-15(6-7-22(25)30)11-26-12-19(18)24/h3-12H,13H2,1-2H3,(H2,25,30). The van der Waals surface area contributed by atoms with E-state index in [0.29, 0.717) is 21.9 Å². The number of nitrogens with two attached hydrogens (primary N) is 1. The summed E-state index contributed by atoms with van der Waals surface area (Å²) in [7, 11) is 1.91. The van der Waals surface area contributed by atoms with Crippen LogP contribution in [-0.2, 0) is 18.4 Å². The number of nitrogens with zero attached hydrogens (tertiary/aromatic N) is 4. The molecule has 31 heavy (non-hydrogen) atoms. The van der Waals surface area contributed by atoms with Gasteiger partial charge in [0, 0.05) is 59.5 Å². The van der Waals surface area contributed by atoms with Gasteiger partial charge >= 0.3 is 0 Å². The molecule has 1 amide bonds. The molecule has 0 aliphatic rings. The highest BCUT2D eigenvalue weighted by atomic mass is 35.5. The van der Waals surface area contributed by atoms with Crippen molar-refractivity contribution in [3.05, 3.63) is 76.8 Å². The Morgan fingerprint density at radius 3 is 2.87 bits per heavy atom. The van der Waals surface area contributed by atoms with E-state index in [4.69, 9.17) is 27.1 Å². The Labute approximate surface area is 184 Å². The van der Waals surface area contributed by atoms with E-state index in [1.165, 1.54) is 12.3 Å². The van der Waals surface area contributed by atoms with E-state index in [1.807, 2.05) is 49.0 Å². The molecule has 0 fully saturated rings. The fourth-order valence-corrected chi connectivity index (χ4v) is 3.63. The monoisotopic (exact) mass is 433 g/mol. The number of carbonyl (C=O) groups is 1. The van der Waals surface area contributed by atoms with Gasteiger partial charge in [0.2, 0.25) is 5.91 Å². The number of hydrogen-bond donors (Lipinski definition) is 1. The summed E-state index contributed by atoms with van der Waals surface area (Å²) < 4.78 is 7.97. The van der Waals surface area contributed by atoms with Crippen LogP contribution in [-0.4, -0.2) is 25.7 Å². The number of pyridine rings is 2. The van der Waals surface area contributed by atoms with Crippen LogP contribution in [0.4, 0.5) is 0 Å². The van der Waals surface area contributed by atoms with Crippen molar-refractivity contribution in [2.75, 3.05) is 0 Å². The Bertz CT molecular complexity index is 1310. The molecule has 1 aromatic carbocycles. The van der Waals surface area contributed by atoms with Crippen molar-refractivity contribution < 1.29 is 9.53 Å². The predicted octanol–water partition coefficient (Wildman–Crippen LogP) is 4.07. The third-order valence-electron chi connectivity index (χ3n) is 4.86. The van der Waals surface area contributed by atoms with Gasteiger partial charge in [-0.25, -0.2) is 4.98 Å². The summed E-state index contributed by atoms with van der Waals surface area (Å²) in [6.45, 7) is 2.12. The lowest BCUT2D eigenvalue weighted by Gasteiger charge is -2.14. The number of halogens is 1. The number of rotatable bonds is 6. The summed E-state index contributed by atoms with van der Waals surface area (Å²) in [6, 6.07) is 9.81. The lowest BCUT2D eigenvalue weighted by Crippen LogP contribution is -2.06. The van der Waals surface area contributed by atoms with E-state index in [-0.39, 0.29) is 6.61 Å². The van der Waals surface area contributed by atoms with Crippen molar-refractivity contribution in [2.24, 2.45) is 12.8 Å². The van der Waals surface area contributed by atoms with Crippen LogP contribution in [0.2, 0.25) is 5.02 Å². The molecule has 0 aliphatic carbocycles. The van der Waals surface area contributed by atoms with Gasteiger partial charge in [-0.2, -0.15) is 5.10 Å². The summed E-state index contributed by atoms with van der Waals surface area (Å²) in [5.74, 6) is 0.0746. The fourth-order valence-electron chi connectivity index (χ4n) is 3.41. The van der Waals surface area contributed by atoms with E-state index in [9.17, 15) is 4.79 Å². The molecule has 0 spiro atoms. The molecule has 0 saturated carbocycles. The second kappa shape index (κ2) is 8.57. The number of ether oxygens (including phenoxy) is 1. The van der Waals surface area contributed by atoms with Crippen LogP contribution in [0.15, 0.2) is 55.0 Å². The van der Waals surface area contributed by atoms with E-state index in [1.54, 1.807) is 18.5 Å². The highest BCUT2D eigenvalue weighted by Gasteiger charge is 2.14. The summed E-state index contributed by atoms with van der Waals surface area (Å²) in [4.78, 5) is 19.9. The number of hydrogen-bond acceptors (Lipinski definition) is 5. The maximum absolute atomic E-state index is 11.1. The minimum absolute atomic E-state index is 0.176. The van der Waals surface area contributed by atoms with Gasteiger partial charge in [-0.3, -0.25) is 14.5 Å². The molecule has 0 radical (unpaired) electrons. The molecular weight excluding hydrogens is 414 g/mol. The van der Waals surface area contributed by atoms with Crippen LogP contribution in [0.1, 0.15) is 16.8 Å². The number of aromatic nitrogens is 4. The highest BCUT2D eigenvalue weighted by molar-refractivity contribution is 6.31. The fraction of sp³-hybridized carbons (Fsp3) is 0.130. The first kappa shape index (κ1) is 20.6. The molecule has 0 aliphatic heterocycles. The van der Waals surface area contributed by atoms with Crippen LogP contribution >= 0.6 is 11.6 Å². The Hall–Kier alpha value is -3.71. The van der Waals surface area contributed by atoms with Crippen LogP contribution in [0.25, 0.3) is 28.2 Å². The molecule has 0 unspecified atom stereocenters. The van der Waals surface area contributed by atoms with Crippen molar-refractivity contribution in [3.8, 4) is 17.0 Å². The molecule has 4 aromatic rings. The average Bonchev–Trinajstić information content (AvgIpc) is 3.16.